The highest BCUT2D eigenvalue weighted by atomic mass is 32.2. The van der Waals surface area contributed by atoms with Crippen LogP contribution in [0.3, 0.4) is 0 Å². The Labute approximate surface area is 155 Å². The van der Waals surface area contributed by atoms with Crippen LogP contribution in [0.2, 0.25) is 0 Å². The lowest BCUT2D eigenvalue weighted by Gasteiger charge is -2.15. The number of hydrogen-bond acceptors (Lipinski definition) is 4. The molecule has 26 heavy (non-hydrogen) atoms. The number of nitrogens with one attached hydrogen (secondary N) is 2. The van der Waals surface area contributed by atoms with Crippen LogP contribution in [0.15, 0.2) is 47.4 Å². The van der Waals surface area contributed by atoms with Crippen molar-refractivity contribution in [2.45, 2.75) is 31.8 Å². The molecule has 0 aliphatic rings. The van der Waals surface area contributed by atoms with Gasteiger partial charge < -0.3 is 10.6 Å². The van der Waals surface area contributed by atoms with Crippen molar-refractivity contribution in [3.05, 3.63) is 59.2 Å². The van der Waals surface area contributed by atoms with Crippen molar-refractivity contribution in [1.29, 1.82) is 0 Å². The summed E-state index contributed by atoms with van der Waals surface area (Å²) in [7, 11) is -0.423. The molecule has 0 saturated carbocycles. The van der Waals surface area contributed by atoms with Gasteiger partial charge in [-0.3, -0.25) is 4.79 Å². The average Bonchev–Trinajstić information content (AvgIpc) is 2.59. The highest BCUT2D eigenvalue weighted by molar-refractivity contribution is 7.89. The van der Waals surface area contributed by atoms with Gasteiger partial charge in [0.25, 0.3) is 0 Å². The second kappa shape index (κ2) is 8.33. The summed E-state index contributed by atoms with van der Waals surface area (Å²) < 4.78 is 26.0. The van der Waals surface area contributed by atoms with Crippen molar-refractivity contribution in [3.63, 3.8) is 0 Å². The van der Waals surface area contributed by atoms with E-state index in [1.807, 2.05) is 30.3 Å². The van der Waals surface area contributed by atoms with Crippen LogP contribution in [0.5, 0.6) is 0 Å². The summed E-state index contributed by atoms with van der Waals surface area (Å²) in [5.41, 5.74) is 3.55. The van der Waals surface area contributed by atoms with E-state index in [2.05, 4.69) is 10.6 Å². The quantitative estimate of drug-likeness (QED) is 0.779. The third-order valence-corrected chi connectivity index (χ3v) is 5.96. The molecule has 1 amide bonds. The van der Waals surface area contributed by atoms with Crippen LogP contribution < -0.4 is 10.6 Å². The second-order valence-corrected chi connectivity index (χ2v) is 8.47. The van der Waals surface area contributed by atoms with Gasteiger partial charge in [0.1, 0.15) is 0 Å². The Bertz CT molecular complexity index is 875. The Morgan fingerprint density at radius 3 is 2.12 bits per heavy atom. The van der Waals surface area contributed by atoms with Gasteiger partial charge >= 0.3 is 0 Å². The molecule has 0 heterocycles. The summed E-state index contributed by atoms with van der Waals surface area (Å²) in [4.78, 5) is 11.2. The average molecular weight is 375 g/mol. The lowest BCUT2D eigenvalue weighted by molar-refractivity contribution is -0.119. The summed E-state index contributed by atoms with van der Waals surface area (Å²) in [6, 6.07) is 13.2. The lowest BCUT2D eigenvalue weighted by atomic mass is 10.1. The molecule has 2 rings (SSSR count). The molecule has 0 aliphatic heterocycles. The molecular weight excluding hydrogens is 350 g/mol. The topological polar surface area (TPSA) is 78.5 Å². The molecule has 0 unspecified atom stereocenters. The van der Waals surface area contributed by atoms with Crippen LogP contribution in [0, 0.1) is 6.92 Å². The predicted octanol–water partition coefficient (Wildman–Crippen LogP) is 2.49. The molecule has 2 aromatic rings. The van der Waals surface area contributed by atoms with E-state index in [0.29, 0.717) is 23.5 Å². The number of rotatable bonds is 7. The van der Waals surface area contributed by atoms with Crippen LogP contribution in [-0.4, -0.2) is 32.7 Å². The van der Waals surface area contributed by atoms with Crippen molar-refractivity contribution in [1.82, 2.24) is 9.62 Å². The Morgan fingerprint density at radius 1 is 1.00 bits per heavy atom. The summed E-state index contributed by atoms with van der Waals surface area (Å²) in [5.74, 6) is -0.0569. The molecule has 0 spiro atoms. The van der Waals surface area contributed by atoms with Crippen molar-refractivity contribution < 1.29 is 13.2 Å². The number of amides is 1. The maximum absolute atomic E-state index is 12.4. The molecule has 0 bridgehead atoms. The van der Waals surface area contributed by atoms with Gasteiger partial charge in [-0.25, -0.2) is 12.7 Å². The molecule has 2 aromatic carbocycles. The first-order valence-corrected chi connectivity index (χ1v) is 9.73. The predicted molar refractivity (Wildman–Crippen MR) is 103 cm³/mol. The maximum Gasteiger partial charge on any atom is 0.242 e. The molecule has 0 aromatic heterocycles. The zero-order valence-corrected chi connectivity index (χ0v) is 16.4. The number of carbonyl (C=O) groups is 1. The number of nitrogens with zero attached hydrogens (tertiary/aromatic N) is 1. The summed E-state index contributed by atoms with van der Waals surface area (Å²) in [5, 5.41) is 6.01. The minimum Gasteiger partial charge on any atom is -0.381 e. The third-order valence-electron chi connectivity index (χ3n) is 4.01. The lowest BCUT2D eigenvalue weighted by Crippen LogP contribution is -2.23. The molecule has 140 valence electrons. The van der Waals surface area contributed by atoms with E-state index in [0.717, 1.165) is 16.8 Å². The highest BCUT2D eigenvalue weighted by Gasteiger charge is 2.19. The van der Waals surface area contributed by atoms with Crippen molar-refractivity contribution in [3.8, 4) is 0 Å². The minimum atomic E-state index is -3.47. The van der Waals surface area contributed by atoms with E-state index < -0.39 is 10.0 Å². The van der Waals surface area contributed by atoms with Crippen molar-refractivity contribution in [2.75, 3.05) is 19.4 Å². The second-order valence-electron chi connectivity index (χ2n) is 6.35. The molecule has 7 heteroatoms. The SMILES string of the molecule is CC(=O)NCc1ccc(CNc2ccc(C)c(S(=O)(=O)N(C)C)c2)cc1. The molecule has 0 atom stereocenters. The molecule has 0 radical (unpaired) electrons. The highest BCUT2D eigenvalue weighted by Crippen LogP contribution is 2.22. The Kier molecular flexibility index (Phi) is 6.39. The van der Waals surface area contributed by atoms with E-state index >= 15 is 0 Å². The number of carbonyl (C=O) groups excluding carboxylic acids is 1. The van der Waals surface area contributed by atoms with E-state index in [1.54, 1.807) is 19.1 Å². The first kappa shape index (κ1) is 19.9. The van der Waals surface area contributed by atoms with Crippen molar-refractivity contribution >= 4 is 21.6 Å². The fraction of sp³-hybridized carbons (Fsp3) is 0.316. The number of sulfonamides is 1. The third kappa shape index (κ3) is 5.06. The smallest absolute Gasteiger partial charge is 0.242 e. The Balaban J connectivity index is 2.07. The van der Waals surface area contributed by atoms with Crippen LogP contribution in [-0.2, 0) is 27.9 Å². The first-order chi connectivity index (χ1) is 12.2. The summed E-state index contributed by atoms with van der Waals surface area (Å²) in [6.07, 6.45) is 0. The first-order valence-electron chi connectivity index (χ1n) is 8.29. The van der Waals surface area contributed by atoms with Crippen LogP contribution in [0.25, 0.3) is 0 Å². The van der Waals surface area contributed by atoms with Gasteiger partial charge in [0, 0.05) is 39.8 Å². The monoisotopic (exact) mass is 375 g/mol. The standard InChI is InChI=1S/C19H25N3O3S/c1-14-5-10-18(11-19(14)26(24,25)22(3)4)21-13-17-8-6-16(7-9-17)12-20-15(2)23/h5-11,21H,12-13H2,1-4H3,(H,20,23). The van der Waals surface area contributed by atoms with E-state index in [1.165, 1.54) is 25.3 Å². The molecule has 6 nitrogen and oxygen atoms in total. The minimum absolute atomic E-state index is 0.0569. The number of benzene rings is 2. The Morgan fingerprint density at radius 2 is 1.58 bits per heavy atom. The van der Waals surface area contributed by atoms with Gasteiger partial charge in [-0.05, 0) is 35.7 Å². The largest absolute Gasteiger partial charge is 0.381 e. The van der Waals surface area contributed by atoms with Gasteiger partial charge in [0.2, 0.25) is 15.9 Å². The zero-order valence-electron chi connectivity index (χ0n) is 15.5. The molecule has 0 saturated heterocycles. The molecule has 0 aliphatic carbocycles. The normalized spacial score (nSPS) is 11.4. The summed E-state index contributed by atoms with van der Waals surface area (Å²) in [6.45, 7) is 4.36. The van der Waals surface area contributed by atoms with Gasteiger partial charge in [-0.1, -0.05) is 30.3 Å². The van der Waals surface area contributed by atoms with E-state index in [-0.39, 0.29) is 5.91 Å². The number of hydrogen-bond donors (Lipinski definition) is 2. The van der Waals surface area contributed by atoms with Crippen LogP contribution in [0.4, 0.5) is 5.69 Å². The van der Waals surface area contributed by atoms with Gasteiger partial charge in [0.05, 0.1) is 4.90 Å². The van der Waals surface area contributed by atoms with Gasteiger partial charge in [-0.2, -0.15) is 0 Å². The van der Waals surface area contributed by atoms with E-state index in [4.69, 9.17) is 0 Å². The van der Waals surface area contributed by atoms with Gasteiger partial charge in [-0.15, -0.1) is 0 Å². The summed E-state index contributed by atoms with van der Waals surface area (Å²) >= 11 is 0. The number of aryl methyl sites for hydroxylation is 1. The van der Waals surface area contributed by atoms with E-state index in [9.17, 15) is 13.2 Å². The van der Waals surface area contributed by atoms with Crippen LogP contribution >= 0.6 is 0 Å². The fourth-order valence-corrected chi connectivity index (χ4v) is 3.53. The molecule has 0 fully saturated rings. The van der Waals surface area contributed by atoms with Crippen LogP contribution in [0.1, 0.15) is 23.6 Å². The molecule has 2 N–H and O–H groups in total. The van der Waals surface area contributed by atoms with Crippen molar-refractivity contribution in [2.24, 2.45) is 0 Å². The Hall–Kier alpha value is -2.38. The maximum atomic E-state index is 12.4. The van der Waals surface area contributed by atoms with Gasteiger partial charge in [0.15, 0.2) is 0 Å². The number of anilines is 1. The fourth-order valence-electron chi connectivity index (χ4n) is 2.39. The zero-order chi connectivity index (χ0) is 19.3. The molecular formula is C19H25N3O3S.